The number of imidazole rings is 1. The molecule has 0 amide bonds. The first-order valence-electron chi connectivity index (χ1n) is 8.30. The van der Waals surface area contributed by atoms with Crippen LogP contribution in [-0.2, 0) is 9.47 Å². The number of pyridine rings is 1. The van der Waals surface area contributed by atoms with Gasteiger partial charge in [-0.05, 0) is 22.4 Å². The molecule has 0 aliphatic heterocycles. The van der Waals surface area contributed by atoms with E-state index in [-0.39, 0.29) is 11.3 Å². The third-order valence-electron chi connectivity index (χ3n) is 4.54. The van der Waals surface area contributed by atoms with Crippen LogP contribution in [0.15, 0.2) is 60.9 Å². The number of fused-ring (bicyclic) bond motifs is 2. The Hall–Kier alpha value is -3.67. The summed E-state index contributed by atoms with van der Waals surface area (Å²) in [6, 6.07) is 15.4. The Kier molecular flexibility index (Phi) is 4.08. The van der Waals surface area contributed by atoms with Crippen LogP contribution in [0.1, 0.15) is 20.8 Å². The van der Waals surface area contributed by atoms with Crippen molar-refractivity contribution in [3.8, 4) is 11.1 Å². The number of hydrogen-bond acceptors (Lipinski definition) is 5. The van der Waals surface area contributed by atoms with Crippen LogP contribution in [0.2, 0.25) is 0 Å². The van der Waals surface area contributed by atoms with Crippen molar-refractivity contribution in [1.29, 1.82) is 0 Å². The Morgan fingerprint density at radius 3 is 2.44 bits per heavy atom. The molecule has 0 aliphatic carbocycles. The SMILES string of the molecule is COC(=O)c1c(-c2cccc3ccccc23)cc2nccn2c1C(=O)OC. The van der Waals surface area contributed by atoms with Gasteiger partial charge in [0.05, 0.1) is 19.8 Å². The van der Waals surface area contributed by atoms with E-state index in [4.69, 9.17) is 9.47 Å². The van der Waals surface area contributed by atoms with E-state index in [1.807, 2.05) is 42.5 Å². The lowest BCUT2D eigenvalue weighted by Crippen LogP contribution is -2.18. The molecule has 6 heteroatoms. The molecule has 4 aromatic rings. The molecule has 0 fully saturated rings. The average Bonchev–Trinajstić information content (AvgIpc) is 3.19. The second-order valence-electron chi connectivity index (χ2n) is 5.95. The predicted molar refractivity (Wildman–Crippen MR) is 101 cm³/mol. The third-order valence-corrected chi connectivity index (χ3v) is 4.54. The first-order chi connectivity index (χ1) is 13.2. The zero-order valence-corrected chi connectivity index (χ0v) is 14.8. The Morgan fingerprint density at radius 2 is 1.67 bits per heavy atom. The molecule has 0 aliphatic rings. The van der Waals surface area contributed by atoms with Crippen LogP contribution in [0.4, 0.5) is 0 Å². The minimum Gasteiger partial charge on any atom is -0.465 e. The summed E-state index contributed by atoms with van der Waals surface area (Å²) in [4.78, 5) is 29.5. The molecule has 6 nitrogen and oxygen atoms in total. The summed E-state index contributed by atoms with van der Waals surface area (Å²) in [6.07, 6.45) is 3.18. The fourth-order valence-electron chi connectivity index (χ4n) is 3.34. The van der Waals surface area contributed by atoms with E-state index < -0.39 is 11.9 Å². The smallest absolute Gasteiger partial charge is 0.356 e. The Balaban J connectivity index is 2.17. The number of aromatic nitrogens is 2. The number of hydrogen-bond donors (Lipinski definition) is 0. The van der Waals surface area contributed by atoms with Gasteiger partial charge in [-0.25, -0.2) is 14.6 Å². The van der Waals surface area contributed by atoms with Crippen molar-refractivity contribution in [2.45, 2.75) is 0 Å². The van der Waals surface area contributed by atoms with Gasteiger partial charge in [0.1, 0.15) is 11.3 Å². The summed E-state index contributed by atoms with van der Waals surface area (Å²) >= 11 is 0. The first-order valence-corrected chi connectivity index (χ1v) is 8.30. The number of esters is 2. The van der Waals surface area contributed by atoms with E-state index in [9.17, 15) is 9.59 Å². The van der Waals surface area contributed by atoms with Crippen LogP contribution in [-0.4, -0.2) is 35.5 Å². The molecule has 0 N–H and O–H groups in total. The summed E-state index contributed by atoms with van der Waals surface area (Å²) in [5.41, 5.74) is 2.14. The standard InChI is InChI=1S/C21H16N2O4/c1-26-20(24)18-16(15-9-5-7-13-6-3-4-8-14(13)15)12-17-22-10-11-23(17)19(18)21(25)27-2/h3-12H,1-2H3. The maximum Gasteiger partial charge on any atom is 0.356 e. The quantitative estimate of drug-likeness (QED) is 0.521. The molecule has 134 valence electrons. The summed E-state index contributed by atoms with van der Waals surface area (Å²) in [5, 5.41) is 1.98. The zero-order chi connectivity index (χ0) is 19.0. The van der Waals surface area contributed by atoms with E-state index in [0.717, 1.165) is 16.3 Å². The molecule has 0 atom stereocenters. The van der Waals surface area contributed by atoms with Crippen molar-refractivity contribution in [3.05, 3.63) is 72.2 Å². The molecule has 0 spiro atoms. The highest BCUT2D eigenvalue weighted by Crippen LogP contribution is 2.34. The molecule has 4 rings (SSSR count). The van der Waals surface area contributed by atoms with Crippen LogP contribution in [0.5, 0.6) is 0 Å². The molecule has 0 saturated carbocycles. The molecule has 0 unspecified atom stereocenters. The van der Waals surface area contributed by atoms with Gasteiger partial charge in [0, 0.05) is 18.0 Å². The molecule has 2 heterocycles. The summed E-state index contributed by atoms with van der Waals surface area (Å²) < 4.78 is 11.5. The molecule has 0 bridgehead atoms. The number of methoxy groups -OCH3 is 2. The van der Waals surface area contributed by atoms with Crippen LogP contribution in [0.25, 0.3) is 27.5 Å². The number of rotatable bonds is 3. The Bertz CT molecular complexity index is 1190. The fourth-order valence-corrected chi connectivity index (χ4v) is 3.34. The van der Waals surface area contributed by atoms with Gasteiger partial charge in [0.2, 0.25) is 0 Å². The number of ether oxygens (including phenoxy) is 2. The first kappa shape index (κ1) is 16.8. The summed E-state index contributed by atoms with van der Waals surface area (Å²) in [7, 11) is 2.56. The molecule has 2 aromatic carbocycles. The van der Waals surface area contributed by atoms with E-state index in [2.05, 4.69) is 4.98 Å². The Labute approximate surface area is 155 Å². The molecule has 2 aromatic heterocycles. The number of nitrogens with zero attached hydrogens (tertiary/aromatic N) is 2. The van der Waals surface area contributed by atoms with E-state index in [1.54, 1.807) is 18.5 Å². The second-order valence-corrected chi connectivity index (χ2v) is 5.95. The van der Waals surface area contributed by atoms with Gasteiger partial charge in [-0.3, -0.25) is 4.40 Å². The van der Waals surface area contributed by atoms with Gasteiger partial charge in [-0.1, -0.05) is 42.5 Å². The normalized spacial score (nSPS) is 10.9. The zero-order valence-electron chi connectivity index (χ0n) is 14.8. The predicted octanol–water partition coefficient (Wildman–Crippen LogP) is 3.73. The lowest BCUT2D eigenvalue weighted by atomic mass is 9.94. The molecule has 0 radical (unpaired) electrons. The largest absolute Gasteiger partial charge is 0.465 e. The van der Waals surface area contributed by atoms with Crippen molar-refractivity contribution >= 4 is 28.4 Å². The second kappa shape index (κ2) is 6.57. The number of carbonyl (C=O) groups is 2. The van der Waals surface area contributed by atoms with Gasteiger partial charge < -0.3 is 9.47 Å². The van der Waals surface area contributed by atoms with Crippen molar-refractivity contribution in [1.82, 2.24) is 9.38 Å². The number of benzene rings is 2. The van der Waals surface area contributed by atoms with Crippen molar-refractivity contribution in [3.63, 3.8) is 0 Å². The fraction of sp³-hybridized carbons (Fsp3) is 0.0952. The maximum absolute atomic E-state index is 12.7. The minimum absolute atomic E-state index is 0.0854. The number of carbonyl (C=O) groups excluding carboxylic acids is 2. The summed E-state index contributed by atoms with van der Waals surface area (Å²) in [5.74, 6) is -1.26. The summed E-state index contributed by atoms with van der Waals surface area (Å²) in [6.45, 7) is 0. The maximum atomic E-state index is 12.7. The minimum atomic E-state index is -0.638. The lowest BCUT2D eigenvalue weighted by Gasteiger charge is -2.16. The highest BCUT2D eigenvalue weighted by atomic mass is 16.5. The van der Waals surface area contributed by atoms with Crippen molar-refractivity contribution in [2.75, 3.05) is 14.2 Å². The van der Waals surface area contributed by atoms with Gasteiger partial charge in [0.25, 0.3) is 0 Å². The van der Waals surface area contributed by atoms with Crippen LogP contribution >= 0.6 is 0 Å². The van der Waals surface area contributed by atoms with Gasteiger partial charge >= 0.3 is 11.9 Å². The highest BCUT2D eigenvalue weighted by Gasteiger charge is 2.27. The van der Waals surface area contributed by atoms with Crippen LogP contribution in [0, 0.1) is 0 Å². The Morgan fingerprint density at radius 1 is 0.926 bits per heavy atom. The third kappa shape index (κ3) is 2.62. The molecular weight excluding hydrogens is 344 g/mol. The van der Waals surface area contributed by atoms with Crippen LogP contribution in [0.3, 0.4) is 0 Å². The highest BCUT2D eigenvalue weighted by molar-refractivity contribution is 6.10. The molecule has 27 heavy (non-hydrogen) atoms. The van der Waals surface area contributed by atoms with E-state index >= 15 is 0 Å². The lowest BCUT2D eigenvalue weighted by molar-refractivity contribution is 0.0549. The van der Waals surface area contributed by atoms with Crippen molar-refractivity contribution in [2.24, 2.45) is 0 Å². The van der Waals surface area contributed by atoms with Gasteiger partial charge in [-0.2, -0.15) is 0 Å². The van der Waals surface area contributed by atoms with E-state index in [0.29, 0.717) is 11.2 Å². The molecule has 0 saturated heterocycles. The van der Waals surface area contributed by atoms with Crippen LogP contribution < -0.4 is 0 Å². The van der Waals surface area contributed by atoms with Crippen molar-refractivity contribution < 1.29 is 19.1 Å². The monoisotopic (exact) mass is 360 g/mol. The van der Waals surface area contributed by atoms with Gasteiger partial charge in [0.15, 0.2) is 0 Å². The molecular formula is C21H16N2O4. The topological polar surface area (TPSA) is 69.9 Å². The average molecular weight is 360 g/mol. The van der Waals surface area contributed by atoms with Gasteiger partial charge in [-0.15, -0.1) is 0 Å². The van der Waals surface area contributed by atoms with E-state index in [1.165, 1.54) is 18.6 Å².